The fourth-order valence-electron chi connectivity index (χ4n) is 3.76. The summed E-state index contributed by atoms with van der Waals surface area (Å²) in [4.78, 5) is 4.33. The molecule has 0 amide bonds. The number of nitrogens with zero attached hydrogens (tertiary/aromatic N) is 4. The van der Waals surface area contributed by atoms with Gasteiger partial charge in [-0.25, -0.2) is 4.68 Å². The zero-order valence-electron chi connectivity index (χ0n) is 16.8. The monoisotopic (exact) mass is 464 g/mol. The molecule has 0 saturated carbocycles. The average Bonchev–Trinajstić information content (AvgIpc) is 3.40. The minimum Gasteiger partial charge on any atom is -0.454 e. The van der Waals surface area contributed by atoms with Gasteiger partial charge in [-0.2, -0.15) is 13.2 Å². The van der Waals surface area contributed by atoms with E-state index in [-0.39, 0.29) is 11.6 Å². The van der Waals surface area contributed by atoms with E-state index < -0.39 is 11.7 Å². The first-order valence-electron chi connectivity index (χ1n) is 9.99. The van der Waals surface area contributed by atoms with Crippen LogP contribution in [-0.4, -0.2) is 47.7 Å². The second-order valence-corrected chi connectivity index (χ2v) is 7.88. The SMILES string of the molecule is FC(F)(F)c1cccc(N2CCN(Cn3nc(-c4ccc5c(c4)OCO5)oc3=S)CC2)c1. The van der Waals surface area contributed by atoms with E-state index in [9.17, 15) is 13.2 Å². The summed E-state index contributed by atoms with van der Waals surface area (Å²) in [5.74, 6) is 1.69. The van der Waals surface area contributed by atoms with Crippen molar-refractivity contribution in [1.82, 2.24) is 14.7 Å². The molecule has 2 aliphatic rings. The van der Waals surface area contributed by atoms with Crippen LogP contribution in [-0.2, 0) is 12.8 Å². The van der Waals surface area contributed by atoms with Crippen LogP contribution < -0.4 is 14.4 Å². The first kappa shape index (κ1) is 20.8. The number of ether oxygens (including phenoxy) is 2. The second kappa shape index (κ2) is 8.14. The number of rotatable bonds is 4. The summed E-state index contributed by atoms with van der Waals surface area (Å²) in [6, 6.07) is 10.8. The van der Waals surface area contributed by atoms with Gasteiger partial charge < -0.3 is 18.8 Å². The van der Waals surface area contributed by atoms with Crippen molar-refractivity contribution < 1.29 is 27.1 Å². The normalized spacial score (nSPS) is 16.5. The minimum absolute atomic E-state index is 0.184. The molecule has 1 aromatic heterocycles. The Labute approximate surface area is 186 Å². The fourth-order valence-corrected chi connectivity index (χ4v) is 3.94. The molecule has 1 saturated heterocycles. The second-order valence-electron chi connectivity index (χ2n) is 7.54. The lowest BCUT2D eigenvalue weighted by Crippen LogP contribution is -2.47. The third kappa shape index (κ3) is 4.17. The van der Waals surface area contributed by atoms with Crippen LogP contribution in [0.5, 0.6) is 11.5 Å². The zero-order chi connectivity index (χ0) is 22.3. The molecule has 3 aromatic rings. The Morgan fingerprint density at radius 2 is 1.75 bits per heavy atom. The summed E-state index contributed by atoms with van der Waals surface area (Å²) in [5.41, 5.74) is 0.665. The lowest BCUT2D eigenvalue weighted by atomic mass is 10.1. The van der Waals surface area contributed by atoms with Crippen LogP contribution in [0.15, 0.2) is 46.9 Å². The molecular formula is C21H19F3N4O3S. The van der Waals surface area contributed by atoms with Crippen molar-refractivity contribution >= 4 is 17.9 Å². The molecular weight excluding hydrogens is 445 g/mol. The average molecular weight is 464 g/mol. The van der Waals surface area contributed by atoms with E-state index in [4.69, 9.17) is 26.1 Å². The van der Waals surface area contributed by atoms with Crippen molar-refractivity contribution in [3.8, 4) is 23.0 Å². The highest BCUT2D eigenvalue weighted by molar-refractivity contribution is 7.71. The largest absolute Gasteiger partial charge is 0.454 e. The van der Waals surface area contributed by atoms with Gasteiger partial charge in [0, 0.05) is 37.4 Å². The number of halogens is 3. The summed E-state index contributed by atoms with van der Waals surface area (Å²) >= 11 is 5.32. The van der Waals surface area contributed by atoms with Gasteiger partial charge in [-0.15, -0.1) is 5.10 Å². The van der Waals surface area contributed by atoms with Crippen molar-refractivity contribution in [1.29, 1.82) is 0 Å². The summed E-state index contributed by atoms with van der Waals surface area (Å²) in [6.45, 7) is 3.13. The zero-order valence-corrected chi connectivity index (χ0v) is 17.7. The highest BCUT2D eigenvalue weighted by Gasteiger charge is 2.31. The molecule has 0 bridgehead atoms. The molecule has 0 atom stereocenters. The predicted molar refractivity (Wildman–Crippen MR) is 112 cm³/mol. The lowest BCUT2D eigenvalue weighted by Gasteiger charge is -2.36. The maximum atomic E-state index is 13.0. The Balaban J connectivity index is 1.24. The summed E-state index contributed by atoms with van der Waals surface area (Å²) in [5, 5.41) is 4.48. The number of anilines is 1. The van der Waals surface area contributed by atoms with E-state index in [0.29, 0.717) is 55.9 Å². The van der Waals surface area contributed by atoms with Crippen LogP contribution >= 0.6 is 12.2 Å². The number of hydrogen-bond donors (Lipinski definition) is 0. The Morgan fingerprint density at radius 3 is 2.53 bits per heavy atom. The first-order valence-corrected chi connectivity index (χ1v) is 10.4. The molecule has 7 nitrogen and oxygen atoms in total. The highest BCUT2D eigenvalue weighted by Crippen LogP contribution is 2.35. The number of fused-ring (bicyclic) bond motifs is 1. The molecule has 0 spiro atoms. The van der Waals surface area contributed by atoms with Crippen LogP contribution in [0, 0.1) is 4.84 Å². The minimum atomic E-state index is -4.35. The quantitative estimate of drug-likeness (QED) is 0.531. The summed E-state index contributed by atoms with van der Waals surface area (Å²) in [6.07, 6.45) is -4.35. The maximum Gasteiger partial charge on any atom is 0.416 e. The molecule has 1 fully saturated rings. The first-order chi connectivity index (χ1) is 15.4. The summed E-state index contributed by atoms with van der Waals surface area (Å²) in [7, 11) is 0. The number of alkyl halides is 3. The Morgan fingerprint density at radius 1 is 0.969 bits per heavy atom. The number of piperazine rings is 1. The number of hydrogen-bond acceptors (Lipinski definition) is 7. The van der Waals surface area contributed by atoms with Gasteiger partial charge in [0.1, 0.15) is 0 Å². The summed E-state index contributed by atoms with van der Waals surface area (Å²) < 4.78 is 57.0. The lowest BCUT2D eigenvalue weighted by molar-refractivity contribution is -0.137. The molecule has 0 N–H and O–H groups in total. The Bertz CT molecular complexity index is 1190. The maximum absolute atomic E-state index is 13.0. The van der Waals surface area contributed by atoms with Crippen LogP contribution in [0.25, 0.3) is 11.5 Å². The van der Waals surface area contributed by atoms with E-state index in [1.165, 1.54) is 12.1 Å². The third-order valence-electron chi connectivity index (χ3n) is 5.47. The molecule has 32 heavy (non-hydrogen) atoms. The van der Waals surface area contributed by atoms with E-state index in [0.717, 1.165) is 11.6 Å². The van der Waals surface area contributed by atoms with E-state index in [1.807, 2.05) is 11.0 Å². The molecule has 0 radical (unpaired) electrons. The van der Waals surface area contributed by atoms with Crippen LogP contribution in [0.1, 0.15) is 5.56 Å². The van der Waals surface area contributed by atoms with Gasteiger partial charge in [0.15, 0.2) is 11.5 Å². The van der Waals surface area contributed by atoms with Gasteiger partial charge in [-0.05, 0) is 48.6 Å². The van der Waals surface area contributed by atoms with Crippen LogP contribution in [0.3, 0.4) is 0 Å². The number of aromatic nitrogens is 2. The molecule has 11 heteroatoms. The highest BCUT2D eigenvalue weighted by atomic mass is 32.1. The molecule has 0 unspecified atom stereocenters. The standard InChI is InChI=1S/C21H19F3N4O3S/c22-21(23,24)15-2-1-3-16(11-15)27-8-6-26(7-9-27)12-28-20(32)31-19(25-28)14-4-5-17-18(10-14)30-13-29-17/h1-5,10-11H,6-9,12-13H2. The van der Waals surface area contributed by atoms with Crippen molar-refractivity contribution in [3.63, 3.8) is 0 Å². The predicted octanol–water partition coefficient (Wildman–Crippen LogP) is 4.40. The van der Waals surface area contributed by atoms with Gasteiger partial charge in [-0.3, -0.25) is 4.90 Å². The van der Waals surface area contributed by atoms with E-state index in [1.54, 1.807) is 22.9 Å². The molecule has 2 aliphatic heterocycles. The van der Waals surface area contributed by atoms with Gasteiger partial charge in [0.05, 0.1) is 12.2 Å². The van der Waals surface area contributed by atoms with Crippen molar-refractivity contribution in [2.45, 2.75) is 12.8 Å². The van der Waals surface area contributed by atoms with Crippen molar-refractivity contribution in [2.75, 3.05) is 37.9 Å². The van der Waals surface area contributed by atoms with E-state index in [2.05, 4.69) is 10.00 Å². The van der Waals surface area contributed by atoms with Crippen LogP contribution in [0.2, 0.25) is 0 Å². The Hall–Kier alpha value is -3.05. The topological polar surface area (TPSA) is 55.9 Å². The fraction of sp³-hybridized carbons (Fsp3) is 0.333. The van der Waals surface area contributed by atoms with Gasteiger partial charge in [0.25, 0.3) is 4.84 Å². The molecule has 5 rings (SSSR count). The molecule has 0 aliphatic carbocycles. The smallest absolute Gasteiger partial charge is 0.416 e. The molecule has 168 valence electrons. The van der Waals surface area contributed by atoms with Gasteiger partial charge in [0.2, 0.25) is 12.7 Å². The van der Waals surface area contributed by atoms with Crippen molar-refractivity contribution in [3.05, 3.63) is 52.9 Å². The number of benzene rings is 2. The van der Waals surface area contributed by atoms with Gasteiger partial charge in [-0.1, -0.05) is 6.07 Å². The molecule has 2 aromatic carbocycles. The Kier molecular flexibility index (Phi) is 5.30. The third-order valence-corrected chi connectivity index (χ3v) is 5.76. The molecule has 3 heterocycles. The van der Waals surface area contributed by atoms with Crippen LogP contribution in [0.4, 0.5) is 18.9 Å². The van der Waals surface area contributed by atoms with E-state index >= 15 is 0 Å². The van der Waals surface area contributed by atoms with Gasteiger partial charge >= 0.3 is 6.18 Å². The van der Waals surface area contributed by atoms with Crippen molar-refractivity contribution in [2.24, 2.45) is 0 Å².